The molecule has 1 heterocycles. The Hall–Kier alpha value is -2.53. The maximum atomic E-state index is 12.9. The van der Waals surface area contributed by atoms with Crippen LogP contribution < -0.4 is 10.1 Å². The highest BCUT2D eigenvalue weighted by atomic mass is 35.5. The zero-order valence-electron chi connectivity index (χ0n) is 17.7. The van der Waals surface area contributed by atoms with Crippen LogP contribution in [-0.2, 0) is 4.79 Å². The number of carbonyl (C=O) groups excluding carboxylic acids is 2. The molecular formula is C24H29ClN2O3. The molecule has 1 aliphatic heterocycles. The number of carbonyl (C=O) groups is 2. The maximum absolute atomic E-state index is 12.9. The SMILES string of the molecule is CC(Oc1ccccc1C(C)C)C(=O)N1CCC(NC(=O)c2cccc(Cl)c2)CC1. The number of hydrogen-bond acceptors (Lipinski definition) is 3. The molecule has 1 unspecified atom stereocenters. The predicted octanol–water partition coefficient (Wildman–Crippen LogP) is 4.65. The molecule has 6 heteroatoms. The van der Waals surface area contributed by atoms with Crippen molar-refractivity contribution >= 4 is 23.4 Å². The number of para-hydroxylation sites is 1. The second kappa shape index (κ2) is 9.98. The first-order valence-electron chi connectivity index (χ1n) is 10.5. The summed E-state index contributed by atoms with van der Waals surface area (Å²) in [4.78, 5) is 27.1. The molecule has 5 nitrogen and oxygen atoms in total. The van der Waals surface area contributed by atoms with E-state index in [0.29, 0.717) is 42.4 Å². The Morgan fingerprint density at radius 2 is 1.77 bits per heavy atom. The summed E-state index contributed by atoms with van der Waals surface area (Å²) in [5.41, 5.74) is 1.64. The van der Waals surface area contributed by atoms with E-state index in [2.05, 4.69) is 19.2 Å². The summed E-state index contributed by atoms with van der Waals surface area (Å²) in [6.07, 6.45) is 0.878. The summed E-state index contributed by atoms with van der Waals surface area (Å²) >= 11 is 5.96. The Morgan fingerprint density at radius 3 is 2.43 bits per heavy atom. The number of hydrogen-bond donors (Lipinski definition) is 1. The summed E-state index contributed by atoms with van der Waals surface area (Å²) < 4.78 is 6.01. The van der Waals surface area contributed by atoms with Crippen molar-refractivity contribution in [1.82, 2.24) is 10.2 Å². The Labute approximate surface area is 183 Å². The van der Waals surface area contributed by atoms with E-state index in [-0.39, 0.29) is 17.9 Å². The lowest BCUT2D eigenvalue weighted by molar-refractivity contribution is -0.139. The lowest BCUT2D eigenvalue weighted by atomic mass is 10.0. The van der Waals surface area contributed by atoms with Gasteiger partial charge in [-0.15, -0.1) is 0 Å². The molecule has 1 saturated heterocycles. The lowest BCUT2D eigenvalue weighted by Gasteiger charge is -2.34. The molecule has 1 aliphatic rings. The van der Waals surface area contributed by atoms with Crippen molar-refractivity contribution < 1.29 is 14.3 Å². The number of amides is 2. The van der Waals surface area contributed by atoms with Gasteiger partial charge in [0.2, 0.25) is 0 Å². The first-order chi connectivity index (χ1) is 14.3. The molecule has 0 aliphatic carbocycles. The molecule has 0 saturated carbocycles. The van der Waals surface area contributed by atoms with E-state index in [0.717, 1.165) is 11.3 Å². The van der Waals surface area contributed by atoms with Crippen molar-refractivity contribution in [2.24, 2.45) is 0 Å². The van der Waals surface area contributed by atoms with Crippen LogP contribution in [0.1, 0.15) is 55.5 Å². The van der Waals surface area contributed by atoms with Crippen LogP contribution in [0.2, 0.25) is 5.02 Å². The second-order valence-corrected chi connectivity index (χ2v) is 8.47. The number of likely N-dealkylation sites (tertiary alicyclic amines) is 1. The van der Waals surface area contributed by atoms with Crippen molar-refractivity contribution in [2.45, 2.75) is 51.7 Å². The summed E-state index contributed by atoms with van der Waals surface area (Å²) in [5, 5.41) is 3.58. The molecule has 1 fully saturated rings. The number of nitrogens with zero attached hydrogens (tertiary/aromatic N) is 1. The van der Waals surface area contributed by atoms with Crippen molar-refractivity contribution in [3.8, 4) is 5.75 Å². The minimum atomic E-state index is -0.553. The molecule has 2 aromatic carbocycles. The van der Waals surface area contributed by atoms with Gasteiger partial charge in [-0.1, -0.05) is 49.7 Å². The fraction of sp³-hybridized carbons (Fsp3) is 0.417. The smallest absolute Gasteiger partial charge is 0.263 e. The molecule has 2 amide bonds. The largest absolute Gasteiger partial charge is 0.481 e. The zero-order valence-corrected chi connectivity index (χ0v) is 18.5. The third-order valence-electron chi connectivity index (χ3n) is 5.42. The van der Waals surface area contributed by atoms with E-state index in [4.69, 9.17) is 16.3 Å². The Kier molecular flexibility index (Phi) is 7.38. The Bertz CT molecular complexity index is 892. The highest BCUT2D eigenvalue weighted by Crippen LogP contribution is 2.27. The molecule has 0 bridgehead atoms. The van der Waals surface area contributed by atoms with Gasteiger partial charge in [0.25, 0.3) is 11.8 Å². The summed E-state index contributed by atoms with van der Waals surface area (Å²) in [6, 6.07) is 14.8. The maximum Gasteiger partial charge on any atom is 0.263 e. The van der Waals surface area contributed by atoms with E-state index in [1.54, 1.807) is 31.2 Å². The van der Waals surface area contributed by atoms with Gasteiger partial charge in [0.15, 0.2) is 6.10 Å². The summed E-state index contributed by atoms with van der Waals surface area (Å²) in [6.45, 7) is 7.21. The molecule has 1 N–H and O–H groups in total. The van der Waals surface area contributed by atoms with Crippen molar-refractivity contribution in [1.29, 1.82) is 0 Å². The zero-order chi connectivity index (χ0) is 21.7. The van der Waals surface area contributed by atoms with Crippen molar-refractivity contribution in [3.63, 3.8) is 0 Å². The quantitative estimate of drug-likeness (QED) is 0.728. The van der Waals surface area contributed by atoms with Gasteiger partial charge in [-0.25, -0.2) is 0 Å². The summed E-state index contributed by atoms with van der Waals surface area (Å²) in [7, 11) is 0. The fourth-order valence-electron chi connectivity index (χ4n) is 3.71. The van der Waals surface area contributed by atoms with Crippen LogP contribution in [-0.4, -0.2) is 41.9 Å². The van der Waals surface area contributed by atoms with E-state index in [1.807, 2.05) is 29.2 Å². The number of rotatable bonds is 6. The second-order valence-electron chi connectivity index (χ2n) is 8.04. The normalized spacial score (nSPS) is 15.7. The molecular weight excluding hydrogens is 400 g/mol. The minimum Gasteiger partial charge on any atom is -0.481 e. The Morgan fingerprint density at radius 1 is 1.07 bits per heavy atom. The molecule has 30 heavy (non-hydrogen) atoms. The van der Waals surface area contributed by atoms with Crippen LogP contribution in [0.3, 0.4) is 0 Å². The van der Waals surface area contributed by atoms with Crippen LogP contribution >= 0.6 is 11.6 Å². The number of ether oxygens (including phenoxy) is 1. The van der Waals surface area contributed by atoms with Gasteiger partial charge in [-0.3, -0.25) is 9.59 Å². The standard InChI is InChI=1S/C24H29ClN2O3/c1-16(2)21-9-4-5-10-22(21)30-17(3)24(29)27-13-11-20(12-14-27)26-23(28)18-7-6-8-19(25)15-18/h4-10,15-17,20H,11-14H2,1-3H3,(H,26,28). The Balaban J connectivity index is 1.52. The minimum absolute atomic E-state index is 0.0202. The van der Waals surface area contributed by atoms with Gasteiger partial charge in [-0.2, -0.15) is 0 Å². The molecule has 0 radical (unpaired) electrons. The molecule has 2 aromatic rings. The molecule has 0 spiro atoms. The van der Waals surface area contributed by atoms with E-state index in [1.165, 1.54) is 0 Å². The van der Waals surface area contributed by atoms with Crippen LogP contribution in [0.15, 0.2) is 48.5 Å². The molecule has 3 rings (SSSR count). The molecule has 160 valence electrons. The number of halogens is 1. The lowest BCUT2D eigenvalue weighted by Crippen LogP contribution is -2.49. The van der Waals surface area contributed by atoms with Gasteiger partial charge in [0, 0.05) is 29.7 Å². The average molecular weight is 429 g/mol. The monoisotopic (exact) mass is 428 g/mol. The molecule has 1 atom stereocenters. The van der Waals surface area contributed by atoms with Crippen LogP contribution in [0.25, 0.3) is 0 Å². The highest BCUT2D eigenvalue weighted by Gasteiger charge is 2.28. The molecule has 0 aromatic heterocycles. The number of piperidine rings is 1. The van der Waals surface area contributed by atoms with Gasteiger partial charge in [0.05, 0.1) is 0 Å². The third-order valence-corrected chi connectivity index (χ3v) is 5.66. The van der Waals surface area contributed by atoms with Crippen molar-refractivity contribution in [3.05, 3.63) is 64.7 Å². The van der Waals surface area contributed by atoms with Gasteiger partial charge >= 0.3 is 0 Å². The summed E-state index contributed by atoms with van der Waals surface area (Å²) in [5.74, 6) is 0.928. The van der Waals surface area contributed by atoms with E-state index in [9.17, 15) is 9.59 Å². The van der Waals surface area contributed by atoms with E-state index < -0.39 is 6.10 Å². The van der Waals surface area contributed by atoms with E-state index >= 15 is 0 Å². The van der Waals surface area contributed by atoms with Crippen molar-refractivity contribution in [2.75, 3.05) is 13.1 Å². The topological polar surface area (TPSA) is 58.6 Å². The first-order valence-corrected chi connectivity index (χ1v) is 10.8. The number of nitrogens with one attached hydrogen (secondary N) is 1. The first kappa shape index (κ1) is 22.2. The van der Waals surface area contributed by atoms with Crippen LogP contribution in [0.5, 0.6) is 5.75 Å². The third kappa shape index (κ3) is 5.54. The predicted molar refractivity (Wildman–Crippen MR) is 119 cm³/mol. The van der Waals surface area contributed by atoms with Gasteiger partial charge in [-0.05, 0) is 55.5 Å². The highest BCUT2D eigenvalue weighted by molar-refractivity contribution is 6.30. The average Bonchev–Trinajstić information content (AvgIpc) is 2.74. The van der Waals surface area contributed by atoms with Gasteiger partial charge < -0.3 is 15.0 Å². The van der Waals surface area contributed by atoms with Crippen LogP contribution in [0.4, 0.5) is 0 Å². The number of benzene rings is 2. The fourth-order valence-corrected chi connectivity index (χ4v) is 3.90. The van der Waals surface area contributed by atoms with Crippen LogP contribution in [0, 0.1) is 0 Å². The van der Waals surface area contributed by atoms with Gasteiger partial charge in [0.1, 0.15) is 5.75 Å².